The fourth-order valence-electron chi connectivity index (χ4n) is 1.64. The second-order valence-electron chi connectivity index (χ2n) is 3.89. The van der Waals surface area contributed by atoms with Crippen LogP contribution in [0.2, 0.25) is 5.02 Å². The molecule has 0 amide bonds. The Kier molecular flexibility index (Phi) is 3.83. The predicted octanol–water partition coefficient (Wildman–Crippen LogP) is 4.78. The molecule has 0 atom stereocenters. The molecule has 0 heterocycles. The normalized spacial score (nSPS) is 10.4. The third kappa shape index (κ3) is 2.47. The van der Waals surface area contributed by atoms with Gasteiger partial charge in [0, 0.05) is 15.6 Å². The molecule has 2 aromatic rings. The Balaban J connectivity index is 2.55. The first-order chi connectivity index (χ1) is 8.50. The molecule has 0 aliphatic carbocycles. The molecule has 2 rings (SSSR count). The zero-order chi connectivity index (χ0) is 13.3. The van der Waals surface area contributed by atoms with Crippen LogP contribution in [-0.4, -0.2) is 5.78 Å². The van der Waals surface area contributed by atoms with Crippen LogP contribution in [-0.2, 0) is 0 Å². The van der Waals surface area contributed by atoms with Crippen molar-refractivity contribution >= 4 is 33.3 Å². The van der Waals surface area contributed by atoms with E-state index in [9.17, 15) is 9.18 Å². The van der Waals surface area contributed by atoms with Crippen molar-refractivity contribution in [3.05, 3.63) is 68.4 Å². The van der Waals surface area contributed by atoms with Crippen LogP contribution in [0.3, 0.4) is 0 Å². The summed E-state index contributed by atoms with van der Waals surface area (Å²) in [5.74, 6) is -0.776. The first-order valence-electron chi connectivity index (χ1n) is 5.25. The Labute approximate surface area is 118 Å². The molecule has 0 saturated heterocycles. The molecule has 0 aliphatic heterocycles. The van der Waals surface area contributed by atoms with E-state index in [-0.39, 0.29) is 16.4 Å². The van der Waals surface area contributed by atoms with E-state index in [0.29, 0.717) is 10.0 Å². The van der Waals surface area contributed by atoms with Crippen LogP contribution in [0.1, 0.15) is 21.5 Å². The summed E-state index contributed by atoms with van der Waals surface area (Å²) in [7, 11) is 0. The third-order valence-electron chi connectivity index (χ3n) is 2.61. The van der Waals surface area contributed by atoms with E-state index in [2.05, 4.69) is 15.9 Å². The van der Waals surface area contributed by atoms with Crippen LogP contribution < -0.4 is 0 Å². The number of halogens is 3. The van der Waals surface area contributed by atoms with Gasteiger partial charge in [-0.05, 0) is 52.7 Å². The fourth-order valence-corrected chi connectivity index (χ4v) is 2.29. The van der Waals surface area contributed by atoms with E-state index >= 15 is 0 Å². The maximum atomic E-state index is 13.2. The molecule has 4 heteroatoms. The topological polar surface area (TPSA) is 17.1 Å². The molecule has 0 bridgehead atoms. The summed E-state index contributed by atoms with van der Waals surface area (Å²) in [5.41, 5.74) is 1.58. The number of carbonyl (C=O) groups is 1. The number of hydrogen-bond donors (Lipinski definition) is 0. The van der Waals surface area contributed by atoms with Gasteiger partial charge in [-0.2, -0.15) is 0 Å². The third-order valence-corrected chi connectivity index (χ3v) is 3.99. The lowest BCUT2D eigenvalue weighted by molar-refractivity contribution is 0.103. The van der Waals surface area contributed by atoms with Gasteiger partial charge >= 0.3 is 0 Å². The number of carbonyl (C=O) groups excluding carboxylic acids is 1. The smallest absolute Gasteiger partial charge is 0.195 e. The Morgan fingerprint density at radius 1 is 1.22 bits per heavy atom. The molecule has 0 aromatic heterocycles. The minimum absolute atomic E-state index is 0.169. The molecule has 0 N–H and O–H groups in total. The van der Waals surface area contributed by atoms with Crippen molar-refractivity contribution in [2.75, 3.05) is 0 Å². The van der Waals surface area contributed by atoms with Crippen molar-refractivity contribution in [1.82, 2.24) is 0 Å². The number of ketones is 1. The lowest BCUT2D eigenvalue weighted by Gasteiger charge is -2.07. The van der Waals surface area contributed by atoms with Crippen molar-refractivity contribution in [1.29, 1.82) is 0 Å². The zero-order valence-corrected chi connectivity index (χ0v) is 11.8. The van der Waals surface area contributed by atoms with Crippen LogP contribution in [0.15, 0.2) is 40.9 Å². The minimum Gasteiger partial charge on any atom is -0.289 e. The van der Waals surface area contributed by atoms with Crippen LogP contribution in [0.25, 0.3) is 0 Å². The van der Waals surface area contributed by atoms with Crippen LogP contribution in [0, 0.1) is 12.7 Å². The molecule has 0 saturated carbocycles. The van der Waals surface area contributed by atoms with Gasteiger partial charge in [-0.25, -0.2) is 4.39 Å². The van der Waals surface area contributed by atoms with Gasteiger partial charge in [0.1, 0.15) is 5.82 Å². The van der Waals surface area contributed by atoms with E-state index < -0.39 is 5.82 Å². The maximum Gasteiger partial charge on any atom is 0.195 e. The number of benzene rings is 2. The lowest BCUT2D eigenvalue weighted by atomic mass is 10.0. The molecular weight excluding hydrogens is 319 g/mol. The van der Waals surface area contributed by atoms with Crippen molar-refractivity contribution in [2.24, 2.45) is 0 Å². The molecule has 0 radical (unpaired) electrons. The highest BCUT2D eigenvalue weighted by atomic mass is 79.9. The largest absolute Gasteiger partial charge is 0.289 e. The summed E-state index contributed by atoms with van der Waals surface area (Å²) >= 11 is 9.29. The predicted molar refractivity (Wildman–Crippen MR) is 73.7 cm³/mol. The van der Waals surface area contributed by atoms with Crippen molar-refractivity contribution in [3.8, 4) is 0 Å². The van der Waals surface area contributed by atoms with Crippen molar-refractivity contribution in [3.63, 3.8) is 0 Å². The zero-order valence-electron chi connectivity index (χ0n) is 9.51. The highest BCUT2D eigenvalue weighted by Gasteiger charge is 2.17. The van der Waals surface area contributed by atoms with Gasteiger partial charge in [-0.3, -0.25) is 4.79 Å². The Morgan fingerprint density at radius 2 is 1.94 bits per heavy atom. The van der Waals surface area contributed by atoms with E-state index in [1.54, 1.807) is 12.1 Å². The summed E-state index contributed by atoms with van der Waals surface area (Å²) in [6, 6.07) is 9.10. The number of aryl methyl sites for hydroxylation is 1. The average Bonchev–Trinajstić information content (AvgIpc) is 2.35. The number of hydrogen-bond acceptors (Lipinski definition) is 1. The molecule has 2 aromatic carbocycles. The van der Waals surface area contributed by atoms with Gasteiger partial charge in [0.05, 0.1) is 5.02 Å². The van der Waals surface area contributed by atoms with E-state index in [1.807, 2.05) is 13.0 Å². The van der Waals surface area contributed by atoms with Crippen LogP contribution in [0.5, 0.6) is 0 Å². The molecule has 92 valence electrons. The molecule has 0 fully saturated rings. The van der Waals surface area contributed by atoms with Gasteiger partial charge in [-0.15, -0.1) is 0 Å². The van der Waals surface area contributed by atoms with Crippen molar-refractivity contribution < 1.29 is 9.18 Å². The van der Waals surface area contributed by atoms with Gasteiger partial charge in [-0.1, -0.05) is 23.7 Å². The van der Waals surface area contributed by atoms with Crippen LogP contribution >= 0.6 is 27.5 Å². The second-order valence-corrected chi connectivity index (χ2v) is 5.09. The van der Waals surface area contributed by atoms with E-state index in [4.69, 9.17) is 11.6 Å². The SMILES string of the molecule is Cc1cccc(C(=O)c2cc(F)ccc2Cl)c1Br. The van der Waals surface area contributed by atoms with Crippen LogP contribution in [0.4, 0.5) is 4.39 Å². The number of rotatable bonds is 2. The summed E-state index contributed by atoms with van der Waals surface area (Å²) in [4.78, 5) is 12.3. The first-order valence-corrected chi connectivity index (χ1v) is 6.42. The van der Waals surface area contributed by atoms with Gasteiger partial charge in [0.25, 0.3) is 0 Å². The van der Waals surface area contributed by atoms with Crippen molar-refractivity contribution in [2.45, 2.75) is 6.92 Å². The Hall–Kier alpha value is -1.19. The maximum absolute atomic E-state index is 13.2. The molecule has 0 aliphatic rings. The van der Waals surface area contributed by atoms with Gasteiger partial charge in [0.15, 0.2) is 5.78 Å². The molecule has 1 nitrogen and oxygen atoms in total. The minimum atomic E-state index is -0.480. The molecule has 18 heavy (non-hydrogen) atoms. The molecule has 0 unspecified atom stereocenters. The first kappa shape index (κ1) is 13.2. The van der Waals surface area contributed by atoms with E-state index in [1.165, 1.54) is 12.1 Å². The van der Waals surface area contributed by atoms with Gasteiger partial charge < -0.3 is 0 Å². The van der Waals surface area contributed by atoms with Gasteiger partial charge in [0.2, 0.25) is 0 Å². The standard InChI is InChI=1S/C14H9BrClFO/c1-8-3-2-4-10(13(8)15)14(18)11-7-9(17)5-6-12(11)16/h2-7H,1H3. The van der Waals surface area contributed by atoms with E-state index in [0.717, 1.165) is 11.6 Å². The monoisotopic (exact) mass is 326 g/mol. The summed E-state index contributed by atoms with van der Waals surface area (Å²) in [5, 5.41) is 0.245. The molecule has 0 spiro atoms. The summed E-state index contributed by atoms with van der Waals surface area (Å²) in [6.45, 7) is 1.88. The Bertz CT molecular complexity index is 621. The highest BCUT2D eigenvalue weighted by Crippen LogP contribution is 2.26. The lowest BCUT2D eigenvalue weighted by Crippen LogP contribution is -2.04. The summed E-state index contributed by atoms with van der Waals surface area (Å²) < 4.78 is 13.9. The molecular formula is C14H9BrClFO. The Morgan fingerprint density at radius 3 is 2.67 bits per heavy atom. The quantitative estimate of drug-likeness (QED) is 0.725. The highest BCUT2D eigenvalue weighted by molar-refractivity contribution is 9.10. The average molecular weight is 328 g/mol. The second kappa shape index (κ2) is 5.21. The fraction of sp³-hybridized carbons (Fsp3) is 0.0714. The summed E-state index contributed by atoms with van der Waals surface area (Å²) in [6.07, 6.45) is 0.